The van der Waals surface area contributed by atoms with Gasteiger partial charge in [-0.3, -0.25) is 4.99 Å². The van der Waals surface area contributed by atoms with Gasteiger partial charge in [-0.1, -0.05) is 38.5 Å². The van der Waals surface area contributed by atoms with Crippen LogP contribution in [-0.2, 0) is 0 Å². The molecular weight excluding hydrogens is 172 g/mol. The molecule has 1 heterocycles. The van der Waals surface area contributed by atoms with Crippen molar-refractivity contribution in [3.8, 4) is 0 Å². The summed E-state index contributed by atoms with van der Waals surface area (Å²) >= 11 is 0. The summed E-state index contributed by atoms with van der Waals surface area (Å²) in [4.78, 5) is 4.42. The van der Waals surface area contributed by atoms with Crippen molar-refractivity contribution in [2.75, 3.05) is 13.1 Å². The molecule has 80 valence electrons. The van der Waals surface area contributed by atoms with Gasteiger partial charge in [0.15, 0.2) is 0 Å². The lowest BCUT2D eigenvalue weighted by molar-refractivity contribution is 0.334. The third-order valence-corrected chi connectivity index (χ3v) is 3.49. The second-order valence-corrected chi connectivity index (χ2v) is 4.65. The van der Waals surface area contributed by atoms with Crippen LogP contribution in [0.3, 0.4) is 0 Å². The minimum atomic E-state index is 0.999. The van der Waals surface area contributed by atoms with Crippen molar-refractivity contribution < 1.29 is 0 Å². The van der Waals surface area contributed by atoms with Gasteiger partial charge in [-0.15, -0.1) is 0 Å². The Balaban J connectivity index is 1.57. The maximum atomic E-state index is 4.42. The van der Waals surface area contributed by atoms with Crippen molar-refractivity contribution in [1.29, 1.82) is 0 Å². The topological polar surface area (TPSA) is 24.4 Å². The fraction of sp³-hybridized carbons (Fsp3) is 0.917. The summed E-state index contributed by atoms with van der Waals surface area (Å²) < 4.78 is 0. The number of amidine groups is 1. The van der Waals surface area contributed by atoms with Crippen molar-refractivity contribution >= 4 is 5.84 Å². The van der Waals surface area contributed by atoms with Crippen LogP contribution < -0.4 is 5.32 Å². The molecule has 1 aliphatic heterocycles. The number of hydrogen-bond acceptors (Lipinski definition) is 2. The molecular formula is C12H22N2. The molecule has 1 saturated carbocycles. The molecule has 0 radical (unpaired) electrons. The van der Waals surface area contributed by atoms with Crippen molar-refractivity contribution in [2.24, 2.45) is 10.9 Å². The first-order valence-corrected chi connectivity index (χ1v) is 6.22. The highest BCUT2D eigenvalue weighted by atomic mass is 15.1. The van der Waals surface area contributed by atoms with Crippen LogP contribution in [0.5, 0.6) is 0 Å². The van der Waals surface area contributed by atoms with E-state index in [1.54, 1.807) is 0 Å². The Morgan fingerprint density at radius 2 is 2.07 bits per heavy atom. The minimum Gasteiger partial charge on any atom is -0.372 e. The summed E-state index contributed by atoms with van der Waals surface area (Å²) in [6.45, 7) is 2.07. The zero-order valence-electron chi connectivity index (χ0n) is 9.10. The van der Waals surface area contributed by atoms with Gasteiger partial charge in [-0.05, 0) is 12.3 Å². The third-order valence-electron chi connectivity index (χ3n) is 3.49. The van der Waals surface area contributed by atoms with Crippen molar-refractivity contribution in [1.82, 2.24) is 5.32 Å². The molecule has 2 nitrogen and oxygen atoms in total. The van der Waals surface area contributed by atoms with Crippen LogP contribution in [0.2, 0.25) is 0 Å². The Morgan fingerprint density at radius 1 is 1.21 bits per heavy atom. The normalized spacial score (nSPS) is 23.3. The molecule has 1 N–H and O–H groups in total. The van der Waals surface area contributed by atoms with Crippen LogP contribution in [-0.4, -0.2) is 18.9 Å². The molecule has 2 rings (SSSR count). The molecule has 0 bridgehead atoms. The van der Waals surface area contributed by atoms with E-state index in [1.807, 2.05) is 0 Å². The molecule has 0 unspecified atom stereocenters. The number of hydrogen-bond donors (Lipinski definition) is 1. The maximum Gasteiger partial charge on any atom is 0.0964 e. The van der Waals surface area contributed by atoms with E-state index in [9.17, 15) is 0 Å². The second-order valence-electron chi connectivity index (χ2n) is 4.65. The van der Waals surface area contributed by atoms with E-state index in [1.165, 1.54) is 57.2 Å². The van der Waals surface area contributed by atoms with Crippen LogP contribution in [0, 0.1) is 5.92 Å². The van der Waals surface area contributed by atoms with Gasteiger partial charge in [0.2, 0.25) is 0 Å². The summed E-state index contributed by atoms with van der Waals surface area (Å²) in [5.41, 5.74) is 0. The van der Waals surface area contributed by atoms with Crippen molar-refractivity contribution in [2.45, 2.75) is 51.4 Å². The summed E-state index contributed by atoms with van der Waals surface area (Å²) in [6, 6.07) is 0. The average Bonchev–Trinajstić information content (AvgIpc) is 2.72. The molecule has 1 aliphatic carbocycles. The Kier molecular flexibility index (Phi) is 3.84. The van der Waals surface area contributed by atoms with Gasteiger partial charge in [-0.25, -0.2) is 0 Å². The van der Waals surface area contributed by atoms with E-state index in [0.717, 1.165) is 19.0 Å². The lowest BCUT2D eigenvalue weighted by Gasteiger charge is -2.21. The summed E-state index contributed by atoms with van der Waals surface area (Å²) in [5, 5.41) is 3.34. The van der Waals surface area contributed by atoms with Gasteiger partial charge in [-0.2, -0.15) is 0 Å². The van der Waals surface area contributed by atoms with E-state index < -0.39 is 0 Å². The largest absolute Gasteiger partial charge is 0.372 e. The molecule has 2 heteroatoms. The van der Waals surface area contributed by atoms with Crippen LogP contribution in [0.25, 0.3) is 0 Å². The quantitative estimate of drug-likeness (QED) is 0.731. The average molecular weight is 194 g/mol. The first-order valence-electron chi connectivity index (χ1n) is 6.22. The molecule has 2 aliphatic rings. The molecule has 0 saturated heterocycles. The lowest BCUT2D eigenvalue weighted by atomic mass is 9.86. The Hall–Kier alpha value is -0.530. The molecule has 0 aromatic carbocycles. The van der Waals surface area contributed by atoms with E-state index in [-0.39, 0.29) is 0 Å². The SMILES string of the molecule is C1CCC(CCCC2=NCCN2)CC1. The van der Waals surface area contributed by atoms with E-state index in [0.29, 0.717) is 0 Å². The van der Waals surface area contributed by atoms with Gasteiger partial charge in [0.05, 0.1) is 12.4 Å². The monoisotopic (exact) mass is 194 g/mol. The summed E-state index contributed by atoms with van der Waals surface area (Å²) in [6.07, 6.45) is 11.4. The highest BCUT2D eigenvalue weighted by Gasteiger charge is 2.13. The number of nitrogens with one attached hydrogen (secondary N) is 1. The highest BCUT2D eigenvalue weighted by molar-refractivity contribution is 5.83. The van der Waals surface area contributed by atoms with Gasteiger partial charge in [0.25, 0.3) is 0 Å². The standard InChI is InChI=1S/C12H22N2/c1-2-5-11(6-3-1)7-4-8-12-13-9-10-14-12/h11H,1-10H2,(H,13,14). The zero-order chi connectivity index (χ0) is 9.64. The maximum absolute atomic E-state index is 4.42. The van der Waals surface area contributed by atoms with Gasteiger partial charge in [0, 0.05) is 13.0 Å². The van der Waals surface area contributed by atoms with Gasteiger partial charge < -0.3 is 5.32 Å². The van der Waals surface area contributed by atoms with E-state index in [2.05, 4.69) is 10.3 Å². The predicted octanol–water partition coefficient (Wildman–Crippen LogP) is 2.74. The molecule has 0 atom stereocenters. The number of nitrogens with zero attached hydrogens (tertiary/aromatic N) is 1. The smallest absolute Gasteiger partial charge is 0.0964 e. The molecule has 0 aromatic heterocycles. The number of rotatable bonds is 4. The molecule has 14 heavy (non-hydrogen) atoms. The van der Waals surface area contributed by atoms with Gasteiger partial charge in [0.1, 0.15) is 0 Å². The number of aliphatic imine (C=N–C) groups is 1. The Labute approximate surface area is 87.2 Å². The minimum absolute atomic E-state index is 0.999. The van der Waals surface area contributed by atoms with Crippen LogP contribution in [0.15, 0.2) is 4.99 Å². The highest BCUT2D eigenvalue weighted by Crippen LogP contribution is 2.27. The molecule has 0 aromatic rings. The Morgan fingerprint density at radius 3 is 2.79 bits per heavy atom. The summed E-state index contributed by atoms with van der Waals surface area (Å²) in [5.74, 6) is 2.30. The molecule has 0 spiro atoms. The van der Waals surface area contributed by atoms with Gasteiger partial charge >= 0.3 is 0 Å². The first-order chi connectivity index (χ1) is 6.95. The molecule has 0 amide bonds. The van der Waals surface area contributed by atoms with Crippen LogP contribution in [0.1, 0.15) is 51.4 Å². The first kappa shape index (κ1) is 10.0. The van der Waals surface area contributed by atoms with E-state index in [4.69, 9.17) is 0 Å². The van der Waals surface area contributed by atoms with Crippen LogP contribution in [0.4, 0.5) is 0 Å². The fourth-order valence-electron chi connectivity index (χ4n) is 2.65. The zero-order valence-corrected chi connectivity index (χ0v) is 9.10. The second kappa shape index (κ2) is 5.38. The van der Waals surface area contributed by atoms with Crippen molar-refractivity contribution in [3.05, 3.63) is 0 Å². The lowest BCUT2D eigenvalue weighted by Crippen LogP contribution is -2.18. The fourth-order valence-corrected chi connectivity index (χ4v) is 2.65. The summed E-state index contributed by atoms with van der Waals surface area (Å²) in [7, 11) is 0. The molecule has 1 fully saturated rings. The van der Waals surface area contributed by atoms with Crippen molar-refractivity contribution in [3.63, 3.8) is 0 Å². The predicted molar refractivity (Wildman–Crippen MR) is 60.7 cm³/mol. The Bertz CT molecular complexity index is 192. The third kappa shape index (κ3) is 3.00. The van der Waals surface area contributed by atoms with E-state index >= 15 is 0 Å². The van der Waals surface area contributed by atoms with Crippen LogP contribution >= 0.6 is 0 Å².